The van der Waals surface area contributed by atoms with E-state index in [2.05, 4.69) is 4.72 Å². The Kier molecular flexibility index (Phi) is 5.62. The van der Waals surface area contributed by atoms with Crippen LogP contribution in [0.3, 0.4) is 0 Å². The van der Waals surface area contributed by atoms with Gasteiger partial charge in [-0.25, -0.2) is 13.1 Å². The Morgan fingerprint density at radius 1 is 0.939 bits per heavy atom. The molecule has 0 spiro atoms. The van der Waals surface area contributed by atoms with Crippen LogP contribution in [-0.4, -0.2) is 31.9 Å². The molecular formula is C24H26N2O6S. The van der Waals surface area contributed by atoms with Crippen molar-refractivity contribution in [1.82, 2.24) is 9.62 Å². The molecule has 1 saturated carbocycles. The number of likely N-dealkylation sites (tertiary alicyclic amines) is 1. The lowest BCUT2D eigenvalue weighted by molar-refractivity contribution is -0.140. The fourth-order valence-corrected chi connectivity index (χ4v) is 6.22. The topological polar surface area (TPSA) is 102 Å². The molecule has 33 heavy (non-hydrogen) atoms. The smallest absolute Gasteiger partial charge is 0.241 e. The maximum atomic E-state index is 13.1. The normalized spacial score (nSPS) is 22.0. The highest BCUT2D eigenvalue weighted by molar-refractivity contribution is 7.89. The van der Waals surface area contributed by atoms with Crippen molar-refractivity contribution in [2.75, 3.05) is 6.79 Å². The van der Waals surface area contributed by atoms with E-state index in [1.54, 1.807) is 43.3 Å². The minimum Gasteiger partial charge on any atom is -0.454 e. The van der Waals surface area contributed by atoms with Gasteiger partial charge in [-0.15, -0.1) is 0 Å². The fraction of sp³-hybridized carbons (Fsp3) is 0.417. The van der Waals surface area contributed by atoms with Gasteiger partial charge in [-0.2, -0.15) is 0 Å². The fourth-order valence-electron chi connectivity index (χ4n) is 4.91. The second kappa shape index (κ2) is 8.46. The predicted octanol–water partition coefficient (Wildman–Crippen LogP) is 2.88. The van der Waals surface area contributed by atoms with Gasteiger partial charge in [-0.3, -0.25) is 14.5 Å². The lowest BCUT2D eigenvalue weighted by atomic mass is 9.81. The lowest BCUT2D eigenvalue weighted by Gasteiger charge is -2.19. The number of hydrogen-bond acceptors (Lipinski definition) is 6. The Labute approximate surface area is 192 Å². The minimum atomic E-state index is -3.82. The molecule has 0 aromatic heterocycles. The average Bonchev–Trinajstić information content (AvgIpc) is 3.37. The van der Waals surface area contributed by atoms with Crippen LogP contribution in [0.25, 0.3) is 0 Å². The Hall–Kier alpha value is -2.91. The van der Waals surface area contributed by atoms with Crippen molar-refractivity contribution < 1.29 is 27.5 Å². The first-order valence-corrected chi connectivity index (χ1v) is 12.6. The number of nitrogens with zero attached hydrogens (tertiary/aromatic N) is 1. The molecule has 2 atom stereocenters. The summed E-state index contributed by atoms with van der Waals surface area (Å²) in [6.07, 6.45) is 3.44. The molecule has 1 aliphatic carbocycles. The number of rotatable bonds is 6. The molecule has 2 aromatic carbocycles. The second-order valence-corrected chi connectivity index (χ2v) is 10.6. The number of nitrogens with one attached hydrogen (secondary N) is 1. The van der Waals surface area contributed by atoms with Crippen LogP contribution in [0.15, 0.2) is 41.3 Å². The van der Waals surface area contributed by atoms with Gasteiger partial charge in [0.25, 0.3) is 0 Å². The molecule has 3 aliphatic rings. The van der Waals surface area contributed by atoms with Crippen LogP contribution in [0.5, 0.6) is 11.5 Å². The molecule has 5 rings (SSSR count). The van der Waals surface area contributed by atoms with Crippen LogP contribution in [0.1, 0.15) is 42.4 Å². The van der Waals surface area contributed by atoms with Crippen LogP contribution in [0.2, 0.25) is 0 Å². The zero-order valence-corrected chi connectivity index (χ0v) is 19.2. The molecule has 174 valence electrons. The maximum Gasteiger partial charge on any atom is 0.241 e. The van der Waals surface area contributed by atoms with Gasteiger partial charge >= 0.3 is 0 Å². The highest BCUT2D eigenvalue weighted by atomic mass is 32.2. The van der Waals surface area contributed by atoms with Gasteiger partial charge < -0.3 is 9.47 Å². The number of aryl methyl sites for hydroxylation is 1. The number of carbonyl (C=O) groups excluding carboxylic acids is 2. The van der Waals surface area contributed by atoms with Crippen molar-refractivity contribution in [2.45, 2.75) is 50.6 Å². The summed E-state index contributed by atoms with van der Waals surface area (Å²) in [5.74, 6) is 0.527. The van der Waals surface area contributed by atoms with Crippen molar-refractivity contribution >= 4 is 21.8 Å². The first-order chi connectivity index (χ1) is 15.8. The summed E-state index contributed by atoms with van der Waals surface area (Å²) < 4.78 is 39.4. The lowest BCUT2D eigenvalue weighted by Crippen LogP contribution is -2.30. The summed E-state index contributed by atoms with van der Waals surface area (Å²) in [4.78, 5) is 27.0. The number of benzene rings is 2. The monoisotopic (exact) mass is 470 g/mol. The molecule has 0 unspecified atom stereocenters. The Morgan fingerprint density at radius 3 is 2.33 bits per heavy atom. The Bertz CT molecular complexity index is 1200. The molecule has 0 bridgehead atoms. The van der Waals surface area contributed by atoms with Crippen LogP contribution >= 0.6 is 0 Å². The van der Waals surface area contributed by atoms with E-state index in [0.717, 1.165) is 31.2 Å². The zero-order valence-electron chi connectivity index (χ0n) is 18.4. The van der Waals surface area contributed by atoms with Gasteiger partial charge in [0.2, 0.25) is 28.6 Å². The van der Waals surface area contributed by atoms with Crippen LogP contribution in [0, 0.1) is 18.8 Å². The standard InChI is InChI=1S/C24H26N2O6S/c1-15-6-7-17(13-26-23(27)18-4-2-3-5-19(18)24(26)28)11-22(15)33(29,30)25-12-16-8-9-20-21(10-16)32-14-31-20/h6-11,18-19,25H,2-5,12-14H2,1H3/t18-,19+. The van der Waals surface area contributed by atoms with E-state index in [-0.39, 0.29) is 48.4 Å². The van der Waals surface area contributed by atoms with Crippen molar-refractivity contribution in [2.24, 2.45) is 11.8 Å². The molecule has 0 radical (unpaired) electrons. The third kappa shape index (κ3) is 4.11. The molecule has 1 N–H and O–H groups in total. The van der Waals surface area contributed by atoms with Gasteiger partial charge in [0.15, 0.2) is 11.5 Å². The van der Waals surface area contributed by atoms with E-state index in [9.17, 15) is 18.0 Å². The Balaban J connectivity index is 1.32. The highest BCUT2D eigenvalue weighted by Gasteiger charge is 2.47. The zero-order chi connectivity index (χ0) is 23.2. The Morgan fingerprint density at radius 2 is 1.61 bits per heavy atom. The maximum absolute atomic E-state index is 13.1. The number of amides is 2. The van der Waals surface area contributed by atoms with Crippen LogP contribution in [0.4, 0.5) is 0 Å². The SMILES string of the molecule is Cc1ccc(CN2C(=O)[C@H]3CCCC[C@H]3C2=O)cc1S(=O)(=O)NCc1ccc2c(c1)OCO2. The summed E-state index contributed by atoms with van der Waals surface area (Å²) in [7, 11) is -3.82. The molecule has 8 nitrogen and oxygen atoms in total. The first-order valence-electron chi connectivity index (χ1n) is 11.2. The third-order valence-electron chi connectivity index (χ3n) is 6.72. The average molecular weight is 471 g/mol. The molecule has 2 aliphatic heterocycles. The van der Waals surface area contributed by atoms with Gasteiger partial charge in [0, 0.05) is 6.54 Å². The summed E-state index contributed by atoms with van der Waals surface area (Å²) in [6.45, 7) is 2.06. The molecular weight excluding hydrogens is 444 g/mol. The van der Waals surface area contributed by atoms with Crippen molar-refractivity contribution in [3.8, 4) is 11.5 Å². The highest BCUT2D eigenvalue weighted by Crippen LogP contribution is 2.38. The van der Waals surface area contributed by atoms with E-state index in [4.69, 9.17) is 9.47 Å². The van der Waals surface area contributed by atoms with E-state index < -0.39 is 10.0 Å². The van der Waals surface area contributed by atoms with Gasteiger partial charge in [-0.1, -0.05) is 31.0 Å². The number of hydrogen-bond donors (Lipinski definition) is 1. The van der Waals surface area contributed by atoms with E-state index in [1.807, 2.05) is 0 Å². The minimum absolute atomic E-state index is 0.0924. The molecule has 2 amide bonds. The predicted molar refractivity (Wildman–Crippen MR) is 119 cm³/mol. The van der Waals surface area contributed by atoms with Crippen LogP contribution < -0.4 is 14.2 Å². The second-order valence-electron chi connectivity index (χ2n) is 8.87. The van der Waals surface area contributed by atoms with Crippen molar-refractivity contribution in [3.05, 3.63) is 53.1 Å². The molecule has 2 aromatic rings. The van der Waals surface area contributed by atoms with Gasteiger partial charge in [-0.05, 0) is 54.7 Å². The third-order valence-corrected chi connectivity index (χ3v) is 8.26. The molecule has 2 heterocycles. The van der Waals surface area contributed by atoms with Gasteiger partial charge in [0.05, 0.1) is 23.3 Å². The number of carbonyl (C=O) groups is 2. The molecule has 2 fully saturated rings. The largest absolute Gasteiger partial charge is 0.454 e. The van der Waals surface area contributed by atoms with Crippen molar-refractivity contribution in [1.29, 1.82) is 0 Å². The quantitative estimate of drug-likeness (QED) is 0.652. The summed E-state index contributed by atoms with van der Waals surface area (Å²) >= 11 is 0. The van der Waals surface area contributed by atoms with E-state index in [1.165, 1.54) is 4.90 Å². The first kappa shape index (κ1) is 21.9. The number of imide groups is 1. The summed E-state index contributed by atoms with van der Waals surface area (Å²) in [5, 5.41) is 0. The van der Waals surface area contributed by atoms with Crippen LogP contribution in [-0.2, 0) is 32.7 Å². The molecule has 9 heteroatoms. The summed E-state index contributed by atoms with van der Waals surface area (Å²) in [6, 6.07) is 10.3. The number of sulfonamides is 1. The van der Waals surface area contributed by atoms with Crippen molar-refractivity contribution in [3.63, 3.8) is 0 Å². The summed E-state index contributed by atoms with van der Waals surface area (Å²) in [5.41, 5.74) is 1.95. The van der Waals surface area contributed by atoms with E-state index >= 15 is 0 Å². The van der Waals surface area contributed by atoms with E-state index in [0.29, 0.717) is 22.6 Å². The number of fused-ring (bicyclic) bond motifs is 2. The number of ether oxygens (including phenoxy) is 2. The molecule has 1 saturated heterocycles. The van der Waals surface area contributed by atoms with Gasteiger partial charge in [0.1, 0.15) is 0 Å².